The summed E-state index contributed by atoms with van der Waals surface area (Å²) in [5.41, 5.74) is 0.582. The SMILES string of the molecule is CCCn1cnnc1CN(C)C(=O)Cn1ncc(N2CCCCC2)cc1=O. The summed E-state index contributed by atoms with van der Waals surface area (Å²) < 4.78 is 3.14. The lowest BCUT2D eigenvalue weighted by Gasteiger charge is -2.28. The third-order valence-electron chi connectivity index (χ3n) is 4.83. The minimum Gasteiger partial charge on any atom is -0.370 e. The summed E-state index contributed by atoms with van der Waals surface area (Å²) in [5.74, 6) is 0.537. The van der Waals surface area contributed by atoms with Crippen molar-refractivity contribution in [1.29, 1.82) is 0 Å². The number of hydrogen-bond donors (Lipinski definition) is 0. The van der Waals surface area contributed by atoms with Crippen molar-refractivity contribution < 1.29 is 4.79 Å². The predicted octanol–water partition coefficient (Wildman–Crippen LogP) is 0.894. The van der Waals surface area contributed by atoms with Crippen molar-refractivity contribution in [1.82, 2.24) is 29.4 Å². The van der Waals surface area contributed by atoms with Crippen LogP contribution in [0.1, 0.15) is 38.4 Å². The molecule has 146 valence electrons. The lowest BCUT2D eigenvalue weighted by Crippen LogP contribution is -2.36. The molecule has 9 heteroatoms. The fourth-order valence-electron chi connectivity index (χ4n) is 3.25. The Labute approximate surface area is 158 Å². The van der Waals surface area contributed by atoms with Crippen molar-refractivity contribution in [2.75, 3.05) is 25.0 Å². The normalized spacial score (nSPS) is 14.4. The number of aromatic nitrogens is 5. The van der Waals surface area contributed by atoms with E-state index in [1.165, 1.54) is 11.1 Å². The lowest BCUT2D eigenvalue weighted by molar-refractivity contribution is -0.131. The zero-order valence-corrected chi connectivity index (χ0v) is 16.0. The van der Waals surface area contributed by atoms with Gasteiger partial charge in [0.15, 0.2) is 5.82 Å². The van der Waals surface area contributed by atoms with Gasteiger partial charge in [-0.25, -0.2) is 4.68 Å². The Balaban J connectivity index is 1.62. The van der Waals surface area contributed by atoms with Crippen LogP contribution in [0.4, 0.5) is 5.69 Å². The van der Waals surface area contributed by atoms with Gasteiger partial charge in [0.2, 0.25) is 5.91 Å². The highest BCUT2D eigenvalue weighted by molar-refractivity contribution is 5.75. The summed E-state index contributed by atoms with van der Waals surface area (Å²) in [6.45, 7) is 5.04. The molecule has 27 heavy (non-hydrogen) atoms. The van der Waals surface area contributed by atoms with Gasteiger partial charge >= 0.3 is 0 Å². The van der Waals surface area contributed by atoms with Gasteiger partial charge in [-0.3, -0.25) is 9.59 Å². The maximum atomic E-state index is 12.5. The van der Waals surface area contributed by atoms with Crippen LogP contribution in [0.2, 0.25) is 0 Å². The largest absolute Gasteiger partial charge is 0.370 e. The summed E-state index contributed by atoms with van der Waals surface area (Å²) >= 11 is 0. The molecule has 1 saturated heterocycles. The summed E-state index contributed by atoms with van der Waals surface area (Å²) in [6.07, 6.45) is 7.81. The molecule has 0 radical (unpaired) electrons. The quantitative estimate of drug-likeness (QED) is 0.716. The smallest absolute Gasteiger partial charge is 0.269 e. The van der Waals surface area contributed by atoms with E-state index in [9.17, 15) is 9.59 Å². The second-order valence-corrected chi connectivity index (χ2v) is 6.95. The highest BCUT2D eigenvalue weighted by atomic mass is 16.2. The van der Waals surface area contributed by atoms with Crippen LogP contribution < -0.4 is 10.5 Å². The fraction of sp³-hybridized carbons (Fsp3) is 0.611. The molecule has 0 N–H and O–H groups in total. The summed E-state index contributed by atoms with van der Waals surface area (Å²) in [6, 6.07) is 1.57. The van der Waals surface area contributed by atoms with Crippen LogP contribution in [0.3, 0.4) is 0 Å². The van der Waals surface area contributed by atoms with E-state index in [1.54, 1.807) is 30.5 Å². The van der Waals surface area contributed by atoms with Crippen molar-refractivity contribution >= 4 is 11.6 Å². The number of rotatable bonds is 7. The first-order valence-electron chi connectivity index (χ1n) is 9.51. The highest BCUT2D eigenvalue weighted by Gasteiger charge is 2.16. The Hall–Kier alpha value is -2.71. The Kier molecular flexibility index (Phi) is 6.20. The van der Waals surface area contributed by atoms with Gasteiger partial charge in [0, 0.05) is 32.7 Å². The number of nitrogens with zero attached hydrogens (tertiary/aromatic N) is 7. The number of aryl methyl sites for hydroxylation is 1. The number of piperidine rings is 1. The maximum absolute atomic E-state index is 12.5. The molecule has 1 fully saturated rings. The molecule has 0 aliphatic carbocycles. The predicted molar refractivity (Wildman–Crippen MR) is 101 cm³/mol. The molecule has 2 aromatic heterocycles. The van der Waals surface area contributed by atoms with E-state index in [-0.39, 0.29) is 18.0 Å². The fourth-order valence-corrected chi connectivity index (χ4v) is 3.25. The third-order valence-corrected chi connectivity index (χ3v) is 4.83. The Morgan fingerprint density at radius 2 is 2.04 bits per heavy atom. The molecule has 0 aromatic carbocycles. The lowest BCUT2D eigenvalue weighted by atomic mass is 10.1. The Bertz CT molecular complexity index is 823. The van der Waals surface area contributed by atoms with Crippen molar-refractivity contribution in [3.05, 3.63) is 34.8 Å². The van der Waals surface area contributed by atoms with E-state index in [1.807, 2.05) is 4.57 Å². The Morgan fingerprint density at radius 1 is 1.26 bits per heavy atom. The van der Waals surface area contributed by atoms with Crippen LogP contribution in [0, 0.1) is 0 Å². The molecule has 2 aromatic rings. The van der Waals surface area contributed by atoms with Gasteiger partial charge in [0.1, 0.15) is 12.9 Å². The molecule has 9 nitrogen and oxygen atoms in total. The highest BCUT2D eigenvalue weighted by Crippen LogP contribution is 2.16. The van der Waals surface area contributed by atoms with E-state index < -0.39 is 0 Å². The molecule has 0 spiro atoms. The zero-order valence-electron chi connectivity index (χ0n) is 16.0. The monoisotopic (exact) mass is 373 g/mol. The molecule has 0 atom stereocenters. The van der Waals surface area contributed by atoms with E-state index in [2.05, 4.69) is 27.1 Å². The maximum Gasteiger partial charge on any atom is 0.269 e. The van der Waals surface area contributed by atoms with Gasteiger partial charge in [0.25, 0.3) is 5.56 Å². The van der Waals surface area contributed by atoms with E-state index >= 15 is 0 Å². The van der Waals surface area contributed by atoms with Gasteiger partial charge < -0.3 is 14.4 Å². The molecule has 3 rings (SSSR count). The van der Waals surface area contributed by atoms with Gasteiger partial charge in [-0.1, -0.05) is 6.92 Å². The molecule has 0 saturated carbocycles. The molecule has 1 aliphatic rings. The van der Waals surface area contributed by atoms with E-state index in [4.69, 9.17) is 0 Å². The number of hydrogen-bond acceptors (Lipinski definition) is 6. The third kappa shape index (κ3) is 4.72. The van der Waals surface area contributed by atoms with Gasteiger partial charge in [0.05, 0.1) is 18.4 Å². The van der Waals surface area contributed by atoms with Crippen molar-refractivity contribution in [3.63, 3.8) is 0 Å². The standard InChI is InChI=1S/C18H27N7O2/c1-3-7-24-14-19-21-16(24)12-22(2)18(27)13-25-17(26)10-15(11-20-25)23-8-5-4-6-9-23/h10-11,14H,3-9,12-13H2,1-2H3. The zero-order chi connectivity index (χ0) is 19.2. The number of amides is 1. The first-order chi connectivity index (χ1) is 13.1. The first kappa shape index (κ1) is 19.1. The molecule has 3 heterocycles. The number of carbonyl (C=O) groups is 1. The average molecular weight is 373 g/mol. The number of likely N-dealkylation sites (N-methyl/N-ethyl adjacent to an activating group) is 1. The van der Waals surface area contributed by atoms with Crippen LogP contribution in [-0.2, 0) is 24.4 Å². The molecule has 0 bridgehead atoms. The topological polar surface area (TPSA) is 89.2 Å². The van der Waals surface area contributed by atoms with Crippen LogP contribution in [0.15, 0.2) is 23.4 Å². The van der Waals surface area contributed by atoms with Crippen LogP contribution >= 0.6 is 0 Å². The van der Waals surface area contributed by atoms with E-state index in [0.717, 1.165) is 50.4 Å². The van der Waals surface area contributed by atoms with Crippen molar-refractivity contribution in [2.45, 2.75) is 52.2 Å². The second-order valence-electron chi connectivity index (χ2n) is 6.95. The van der Waals surface area contributed by atoms with Crippen molar-refractivity contribution in [3.8, 4) is 0 Å². The first-order valence-corrected chi connectivity index (χ1v) is 9.51. The van der Waals surface area contributed by atoms with Crippen LogP contribution in [0.5, 0.6) is 0 Å². The molecule has 1 aliphatic heterocycles. The number of anilines is 1. The second kappa shape index (κ2) is 8.79. The average Bonchev–Trinajstić information content (AvgIpc) is 3.11. The molecular formula is C18H27N7O2. The molecule has 0 unspecified atom stereocenters. The summed E-state index contributed by atoms with van der Waals surface area (Å²) in [7, 11) is 1.69. The van der Waals surface area contributed by atoms with Crippen molar-refractivity contribution in [2.24, 2.45) is 0 Å². The molecule has 1 amide bonds. The van der Waals surface area contributed by atoms with Crippen LogP contribution in [0.25, 0.3) is 0 Å². The number of carbonyl (C=O) groups excluding carboxylic acids is 1. The minimum atomic E-state index is -0.256. The van der Waals surface area contributed by atoms with E-state index in [0.29, 0.717) is 6.54 Å². The van der Waals surface area contributed by atoms with Gasteiger partial charge in [-0.15, -0.1) is 10.2 Å². The van der Waals surface area contributed by atoms with Crippen LogP contribution in [-0.4, -0.2) is 55.5 Å². The summed E-state index contributed by atoms with van der Waals surface area (Å²) in [5, 5.41) is 12.2. The Morgan fingerprint density at radius 3 is 2.74 bits per heavy atom. The van der Waals surface area contributed by atoms with Gasteiger partial charge in [-0.05, 0) is 25.7 Å². The minimum absolute atomic E-state index is 0.0858. The van der Waals surface area contributed by atoms with Gasteiger partial charge in [-0.2, -0.15) is 5.10 Å². The summed E-state index contributed by atoms with van der Waals surface area (Å²) in [4.78, 5) is 28.6. The molecular weight excluding hydrogens is 346 g/mol.